The Labute approximate surface area is 139 Å². The van der Waals surface area contributed by atoms with Crippen molar-refractivity contribution in [2.24, 2.45) is 0 Å². The highest BCUT2D eigenvalue weighted by atomic mass is 19.4. The Balaban J connectivity index is 2.23. The van der Waals surface area contributed by atoms with Gasteiger partial charge in [0, 0.05) is 11.3 Å². The lowest BCUT2D eigenvalue weighted by atomic mass is 10.00. The SMILES string of the molecule is C=C(C)c1ccccc1C(=C)Nc1ccccc1OCC(F)(F)F. The summed E-state index contributed by atoms with van der Waals surface area (Å²) in [5.74, 6) is 0.115. The number of hydrogen-bond donors (Lipinski definition) is 1. The summed E-state index contributed by atoms with van der Waals surface area (Å²) in [5, 5.41) is 3.03. The molecule has 0 spiro atoms. The first-order valence-corrected chi connectivity index (χ1v) is 7.28. The van der Waals surface area contributed by atoms with Crippen molar-refractivity contribution < 1.29 is 17.9 Å². The fourth-order valence-electron chi connectivity index (χ4n) is 2.20. The third kappa shape index (κ3) is 4.65. The molecule has 0 aliphatic rings. The summed E-state index contributed by atoms with van der Waals surface area (Å²) in [6, 6.07) is 14.0. The van der Waals surface area contributed by atoms with Crippen LogP contribution in [0.5, 0.6) is 5.75 Å². The van der Waals surface area contributed by atoms with Crippen LogP contribution in [0.2, 0.25) is 0 Å². The van der Waals surface area contributed by atoms with Gasteiger partial charge in [0.1, 0.15) is 5.75 Å². The number of para-hydroxylation sites is 2. The second-order valence-corrected chi connectivity index (χ2v) is 5.33. The first kappa shape index (κ1) is 17.7. The topological polar surface area (TPSA) is 21.3 Å². The van der Waals surface area contributed by atoms with Gasteiger partial charge in [0.05, 0.1) is 5.69 Å². The van der Waals surface area contributed by atoms with Gasteiger partial charge in [-0.3, -0.25) is 0 Å². The van der Waals surface area contributed by atoms with Gasteiger partial charge in [-0.25, -0.2) is 0 Å². The van der Waals surface area contributed by atoms with Crippen LogP contribution in [0.3, 0.4) is 0 Å². The molecule has 0 fully saturated rings. The predicted molar refractivity (Wildman–Crippen MR) is 91.8 cm³/mol. The highest BCUT2D eigenvalue weighted by Crippen LogP contribution is 2.30. The largest absolute Gasteiger partial charge is 0.482 e. The van der Waals surface area contributed by atoms with Gasteiger partial charge >= 0.3 is 6.18 Å². The Morgan fingerprint density at radius 3 is 2.21 bits per heavy atom. The van der Waals surface area contributed by atoms with Crippen molar-refractivity contribution in [2.75, 3.05) is 11.9 Å². The lowest BCUT2D eigenvalue weighted by molar-refractivity contribution is -0.153. The summed E-state index contributed by atoms with van der Waals surface area (Å²) >= 11 is 0. The number of halogens is 3. The second kappa shape index (κ2) is 7.25. The molecule has 0 saturated carbocycles. The van der Waals surface area contributed by atoms with E-state index in [2.05, 4.69) is 18.5 Å². The van der Waals surface area contributed by atoms with Crippen LogP contribution in [-0.4, -0.2) is 12.8 Å². The fraction of sp³-hybridized carbons (Fsp3) is 0.158. The third-order valence-corrected chi connectivity index (χ3v) is 3.28. The first-order chi connectivity index (χ1) is 11.3. The van der Waals surface area contributed by atoms with Gasteiger partial charge in [-0.2, -0.15) is 13.2 Å². The minimum atomic E-state index is -4.39. The molecule has 0 saturated heterocycles. The van der Waals surface area contributed by atoms with Crippen LogP contribution in [0, 0.1) is 0 Å². The van der Waals surface area contributed by atoms with E-state index in [0.717, 1.165) is 16.7 Å². The maximum atomic E-state index is 12.4. The minimum absolute atomic E-state index is 0.115. The quantitative estimate of drug-likeness (QED) is 0.727. The van der Waals surface area contributed by atoms with Crippen molar-refractivity contribution in [1.29, 1.82) is 0 Å². The molecule has 2 aromatic rings. The zero-order valence-corrected chi connectivity index (χ0v) is 13.3. The third-order valence-electron chi connectivity index (χ3n) is 3.28. The smallest absolute Gasteiger partial charge is 0.422 e. The summed E-state index contributed by atoms with van der Waals surface area (Å²) in [4.78, 5) is 0. The molecule has 0 bridgehead atoms. The zero-order chi connectivity index (χ0) is 17.7. The van der Waals surface area contributed by atoms with E-state index in [4.69, 9.17) is 4.74 Å². The molecule has 0 radical (unpaired) electrons. The van der Waals surface area contributed by atoms with Crippen molar-refractivity contribution in [2.45, 2.75) is 13.1 Å². The van der Waals surface area contributed by atoms with Crippen molar-refractivity contribution >= 4 is 17.0 Å². The van der Waals surface area contributed by atoms with Crippen molar-refractivity contribution in [3.05, 3.63) is 72.8 Å². The number of ether oxygens (including phenoxy) is 1. The molecule has 126 valence electrons. The van der Waals surface area contributed by atoms with Crippen LogP contribution in [0.15, 0.2) is 61.7 Å². The molecule has 0 heterocycles. The molecule has 2 aromatic carbocycles. The Hall–Kier alpha value is -2.69. The van der Waals surface area contributed by atoms with Gasteiger partial charge in [0.15, 0.2) is 6.61 Å². The summed E-state index contributed by atoms with van der Waals surface area (Å²) < 4.78 is 42.0. The van der Waals surface area contributed by atoms with Gasteiger partial charge < -0.3 is 10.1 Å². The molecular weight excluding hydrogens is 315 g/mol. The molecule has 0 aliphatic carbocycles. The summed E-state index contributed by atoms with van der Waals surface area (Å²) in [5.41, 5.74) is 3.59. The van der Waals surface area contributed by atoms with Gasteiger partial charge in [0.25, 0.3) is 0 Å². The lowest BCUT2D eigenvalue weighted by Crippen LogP contribution is -2.19. The van der Waals surface area contributed by atoms with E-state index in [1.807, 2.05) is 31.2 Å². The van der Waals surface area contributed by atoms with E-state index in [1.165, 1.54) is 6.07 Å². The second-order valence-electron chi connectivity index (χ2n) is 5.33. The Bertz CT molecular complexity index is 750. The molecule has 24 heavy (non-hydrogen) atoms. The van der Waals surface area contributed by atoms with Crippen LogP contribution in [-0.2, 0) is 0 Å². The summed E-state index contributed by atoms with van der Waals surface area (Å²) in [6.07, 6.45) is -4.39. The van der Waals surface area contributed by atoms with Crippen LogP contribution < -0.4 is 10.1 Å². The van der Waals surface area contributed by atoms with Gasteiger partial charge in [-0.15, -0.1) is 0 Å². The number of allylic oxidation sites excluding steroid dienone is 1. The molecule has 2 rings (SSSR count). The highest BCUT2D eigenvalue weighted by molar-refractivity contribution is 5.84. The first-order valence-electron chi connectivity index (χ1n) is 7.28. The standard InChI is InChI=1S/C19H18F3NO/c1-13(2)15-8-4-5-9-16(15)14(3)23-17-10-6-7-11-18(17)24-12-19(20,21)22/h4-11,23H,1,3,12H2,2H3. The molecule has 0 unspecified atom stereocenters. The van der Waals surface area contributed by atoms with E-state index in [0.29, 0.717) is 11.4 Å². The lowest BCUT2D eigenvalue weighted by Gasteiger charge is -2.17. The number of anilines is 1. The van der Waals surface area contributed by atoms with E-state index < -0.39 is 12.8 Å². The monoisotopic (exact) mass is 333 g/mol. The van der Waals surface area contributed by atoms with Crippen LogP contribution in [0.4, 0.5) is 18.9 Å². The summed E-state index contributed by atoms with van der Waals surface area (Å²) in [7, 11) is 0. The Morgan fingerprint density at radius 2 is 1.58 bits per heavy atom. The average molecular weight is 333 g/mol. The number of benzene rings is 2. The van der Waals surface area contributed by atoms with E-state index in [1.54, 1.807) is 18.2 Å². The fourth-order valence-corrected chi connectivity index (χ4v) is 2.20. The molecule has 0 aromatic heterocycles. The van der Waals surface area contributed by atoms with Crippen molar-refractivity contribution in [3.8, 4) is 5.75 Å². The maximum Gasteiger partial charge on any atom is 0.422 e. The molecule has 0 aliphatic heterocycles. The molecule has 1 N–H and O–H groups in total. The Morgan fingerprint density at radius 1 is 1.00 bits per heavy atom. The van der Waals surface area contributed by atoms with Crippen LogP contribution in [0.1, 0.15) is 18.1 Å². The zero-order valence-electron chi connectivity index (χ0n) is 13.3. The van der Waals surface area contributed by atoms with E-state index in [9.17, 15) is 13.2 Å². The number of nitrogens with one attached hydrogen (secondary N) is 1. The van der Waals surface area contributed by atoms with Crippen LogP contribution in [0.25, 0.3) is 11.3 Å². The van der Waals surface area contributed by atoms with Gasteiger partial charge in [0.2, 0.25) is 0 Å². The molecule has 2 nitrogen and oxygen atoms in total. The molecule has 0 amide bonds. The summed E-state index contributed by atoms with van der Waals surface area (Å²) in [6.45, 7) is 8.45. The van der Waals surface area contributed by atoms with Crippen molar-refractivity contribution in [3.63, 3.8) is 0 Å². The highest BCUT2D eigenvalue weighted by Gasteiger charge is 2.28. The maximum absolute atomic E-state index is 12.4. The molecule has 0 atom stereocenters. The number of rotatable bonds is 6. The predicted octanol–water partition coefficient (Wildman–Crippen LogP) is 5.74. The number of alkyl halides is 3. The number of hydrogen-bond acceptors (Lipinski definition) is 2. The van der Waals surface area contributed by atoms with E-state index >= 15 is 0 Å². The minimum Gasteiger partial charge on any atom is -0.482 e. The molecular formula is C19H18F3NO. The average Bonchev–Trinajstić information content (AvgIpc) is 2.53. The molecule has 5 heteroatoms. The van der Waals surface area contributed by atoms with E-state index in [-0.39, 0.29) is 5.75 Å². The van der Waals surface area contributed by atoms with Crippen molar-refractivity contribution in [1.82, 2.24) is 0 Å². The van der Waals surface area contributed by atoms with Gasteiger partial charge in [-0.05, 0) is 24.6 Å². The normalized spacial score (nSPS) is 11.0. The Kier molecular flexibility index (Phi) is 5.34. The van der Waals surface area contributed by atoms with Crippen LogP contribution >= 0.6 is 0 Å². The van der Waals surface area contributed by atoms with Gasteiger partial charge in [-0.1, -0.05) is 55.1 Å².